The molecule has 1 aromatic heterocycles. The van der Waals surface area contributed by atoms with Crippen LogP contribution in [-0.2, 0) is 10.2 Å². The zero-order chi connectivity index (χ0) is 22.2. The molecule has 31 heavy (non-hydrogen) atoms. The second-order valence-electron chi connectivity index (χ2n) is 8.23. The number of hydrogen-bond acceptors (Lipinski definition) is 5. The molecule has 1 aromatic carbocycles. The highest BCUT2D eigenvalue weighted by Gasteiger charge is 2.31. The van der Waals surface area contributed by atoms with Crippen LogP contribution in [0, 0.1) is 13.8 Å². The Kier molecular flexibility index (Phi) is 5.90. The van der Waals surface area contributed by atoms with Gasteiger partial charge in [-0.25, -0.2) is 4.98 Å². The van der Waals surface area contributed by atoms with E-state index in [4.69, 9.17) is 0 Å². The molecule has 9 heteroatoms. The van der Waals surface area contributed by atoms with E-state index in [0.717, 1.165) is 36.5 Å². The minimum absolute atomic E-state index is 0.0293. The molecule has 2 aliphatic heterocycles. The van der Waals surface area contributed by atoms with Gasteiger partial charge in [-0.15, -0.1) is 0 Å². The van der Waals surface area contributed by atoms with E-state index in [9.17, 15) is 13.2 Å². The van der Waals surface area contributed by atoms with Gasteiger partial charge < -0.3 is 9.80 Å². The maximum atomic E-state index is 13.0. The molecule has 8 nitrogen and oxygen atoms in total. The number of hydrogen-bond donors (Lipinski definition) is 0. The molecule has 0 saturated carbocycles. The number of amides is 1. The first kappa shape index (κ1) is 21.6. The van der Waals surface area contributed by atoms with Crippen molar-refractivity contribution in [3.63, 3.8) is 0 Å². The lowest BCUT2D eigenvalue weighted by Crippen LogP contribution is -2.49. The minimum Gasteiger partial charge on any atom is -0.353 e. The predicted molar refractivity (Wildman–Crippen MR) is 122 cm³/mol. The molecule has 0 bridgehead atoms. The SMILES string of the molecule is Cc1cnc(N2CCN(C(=O)c3ccc(N4CCCN(C)S4(=O)=O)cc3)CC2)c(C)c1. The Morgan fingerprint density at radius 2 is 1.65 bits per heavy atom. The number of benzene rings is 1. The summed E-state index contributed by atoms with van der Waals surface area (Å²) in [5, 5.41) is 0. The molecule has 0 N–H and O–H groups in total. The predicted octanol–water partition coefficient (Wildman–Crippen LogP) is 2.05. The first-order valence-corrected chi connectivity index (χ1v) is 12.0. The third kappa shape index (κ3) is 4.24. The van der Waals surface area contributed by atoms with Crippen LogP contribution >= 0.6 is 0 Å². The quantitative estimate of drug-likeness (QED) is 0.726. The molecule has 0 atom stereocenters. The van der Waals surface area contributed by atoms with Gasteiger partial charge in [0.25, 0.3) is 5.91 Å². The van der Waals surface area contributed by atoms with Crippen molar-refractivity contribution in [2.45, 2.75) is 20.3 Å². The van der Waals surface area contributed by atoms with Crippen molar-refractivity contribution in [3.05, 3.63) is 53.2 Å². The molecule has 2 aliphatic rings. The summed E-state index contributed by atoms with van der Waals surface area (Å²) in [5.41, 5.74) is 3.45. The van der Waals surface area contributed by atoms with E-state index in [2.05, 4.69) is 22.9 Å². The molecular weight excluding hydrogens is 414 g/mol. The van der Waals surface area contributed by atoms with Crippen molar-refractivity contribution < 1.29 is 13.2 Å². The van der Waals surface area contributed by atoms with E-state index in [-0.39, 0.29) is 5.91 Å². The number of rotatable bonds is 3. The Labute approximate surface area is 184 Å². The molecule has 166 valence electrons. The fourth-order valence-corrected chi connectivity index (χ4v) is 5.66. The van der Waals surface area contributed by atoms with Gasteiger partial charge in [-0.05, 0) is 55.7 Å². The molecule has 0 radical (unpaired) electrons. The van der Waals surface area contributed by atoms with Gasteiger partial charge in [0.2, 0.25) is 0 Å². The summed E-state index contributed by atoms with van der Waals surface area (Å²) in [5.74, 6) is 0.952. The molecule has 0 spiro atoms. The van der Waals surface area contributed by atoms with Crippen LogP contribution in [0.15, 0.2) is 36.5 Å². The van der Waals surface area contributed by atoms with Crippen LogP contribution < -0.4 is 9.21 Å². The zero-order valence-corrected chi connectivity index (χ0v) is 19.1. The van der Waals surface area contributed by atoms with Crippen molar-refractivity contribution in [2.24, 2.45) is 0 Å². The van der Waals surface area contributed by atoms with Crippen LogP contribution in [0.1, 0.15) is 27.9 Å². The summed E-state index contributed by atoms with van der Waals surface area (Å²) < 4.78 is 27.8. The van der Waals surface area contributed by atoms with E-state index in [0.29, 0.717) is 37.4 Å². The van der Waals surface area contributed by atoms with Crippen molar-refractivity contribution in [1.29, 1.82) is 0 Å². The Hall–Kier alpha value is -2.65. The number of pyridine rings is 1. The molecule has 1 amide bonds. The Bertz CT molecular complexity index is 1060. The summed E-state index contributed by atoms with van der Waals surface area (Å²) in [7, 11) is -1.90. The molecule has 2 saturated heterocycles. The van der Waals surface area contributed by atoms with E-state index >= 15 is 0 Å². The van der Waals surface area contributed by atoms with Crippen LogP contribution in [0.4, 0.5) is 11.5 Å². The first-order valence-electron chi connectivity index (χ1n) is 10.6. The number of aryl methyl sites for hydroxylation is 2. The maximum absolute atomic E-state index is 13.0. The summed E-state index contributed by atoms with van der Waals surface area (Å²) in [6, 6.07) is 9.01. The van der Waals surface area contributed by atoms with E-state index in [1.807, 2.05) is 18.0 Å². The summed E-state index contributed by atoms with van der Waals surface area (Å²) in [4.78, 5) is 21.6. The number of nitrogens with zero attached hydrogens (tertiary/aromatic N) is 5. The maximum Gasteiger partial charge on any atom is 0.303 e. The summed E-state index contributed by atoms with van der Waals surface area (Å²) >= 11 is 0. The summed E-state index contributed by atoms with van der Waals surface area (Å²) in [6.45, 7) is 7.80. The average Bonchev–Trinajstić information content (AvgIpc) is 2.75. The fourth-order valence-electron chi connectivity index (χ4n) is 4.21. The van der Waals surface area contributed by atoms with Gasteiger partial charge in [-0.3, -0.25) is 9.10 Å². The molecular formula is C22H29N5O3S. The highest BCUT2D eigenvalue weighted by Crippen LogP contribution is 2.25. The van der Waals surface area contributed by atoms with E-state index < -0.39 is 10.2 Å². The second-order valence-corrected chi connectivity index (χ2v) is 10.2. The molecule has 0 aliphatic carbocycles. The lowest BCUT2D eigenvalue weighted by Gasteiger charge is -2.36. The molecule has 3 heterocycles. The minimum atomic E-state index is -3.49. The van der Waals surface area contributed by atoms with Crippen LogP contribution in [0.5, 0.6) is 0 Å². The van der Waals surface area contributed by atoms with Crippen molar-refractivity contribution in [1.82, 2.24) is 14.2 Å². The number of carbonyl (C=O) groups is 1. The standard InChI is InChI=1S/C22H29N5O3S/c1-17-15-18(2)21(23-16-17)25-11-13-26(14-12-25)22(28)19-5-7-20(8-6-19)27-10-4-9-24(3)31(27,29)30/h5-8,15-16H,4,9-14H2,1-3H3. The van der Waals surface area contributed by atoms with Gasteiger partial charge >= 0.3 is 10.2 Å². The normalized spacial score (nSPS) is 19.5. The second kappa shape index (κ2) is 8.47. The van der Waals surface area contributed by atoms with Crippen molar-refractivity contribution >= 4 is 27.6 Å². The van der Waals surface area contributed by atoms with E-state index in [1.165, 1.54) is 8.61 Å². The highest BCUT2D eigenvalue weighted by atomic mass is 32.2. The van der Waals surface area contributed by atoms with Crippen LogP contribution in [0.2, 0.25) is 0 Å². The van der Waals surface area contributed by atoms with Gasteiger partial charge in [0, 0.05) is 58.1 Å². The van der Waals surface area contributed by atoms with Gasteiger partial charge in [-0.1, -0.05) is 6.07 Å². The number of anilines is 2. The largest absolute Gasteiger partial charge is 0.353 e. The number of carbonyl (C=O) groups excluding carboxylic acids is 1. The molecule has 2 aromatic rings. The molecule has 0 unspecified atom stereocenters. The lowest BCUT2D eigenvalue weighted by atomic mass is 10.1. The Morgan fingerprint density at radius 1 is 0.968 bits per heavy atom. The van der Waals surface area contributed by atoms with Crippen molar-refractivity contribution in [3.8, 4) is 0 Å². The van der Waals surface area contributed by atoms with Gasteiger partial charge in [0.15, 0.2) is 0 Å². The highest BCUT2D eigenvalue weighted by molar-refractivity contribution is 7.90. The van der Waals surface area contributed by atoms with Gasteiger partial charge in [0.05, 0.1) is 5.69 Å². The topological polar surface area (TPSA) is 77.1 Å². The number of piperazine rings is 1. The van der Waals surface area contributed by atoms with Gasteiger partial charge in [-0.2, -0.15) is 12.7 Å². The van der Waals surface area contributed by atoms with E-state index in [1.54, 1.807) is 31.3 Å². The zero-order valence-electron chi connectivity index (χ0n) is 18.3. The lowest BCUT2D eigenvalue weighted by molar-refractivity contribution is 0.0746. The molecule has 4 rings (SSSR count). The molecule has 2 fully saturated rings. The van der Waals surface area contributed by atoms with Crippen LogP contribution in [-0.4, -0.2) is 74.8 Å². The first-order chi connectivity index (χ1) is 14.8. The smallest absolute Gasteiger partial charge is 0.303 e. The van der Waals surface area contributed by atoms with Crippen molar-refractivity contribution in [2.75, 3.05) is 55.5 Å². The average molecular weight is 444 g/mol. The number of aromatic nitrogens is 1. The van der Waals surface area contributed by atoms with Gasteiger partial charge in [0.1, 0.15) is 5.82 Å². The fraction of sp³-hybridized carbons (Fsp3) is 0.455. The van der Waals surface area contributed by atoms with Crippen LogP contribution in [0.3, 0.4) is 0 Å². The third-order valence-corrected chi connectivity index (χ3v) is 7.88. The summed E-state index contributed by atoms with van der Waals surface area (Å²) in [6.07, 6.45) is 2.65. The Morgan fingerprint density at radius 3 is 2.29 bits per heavy atom. The monoisotopic (exact) mass is 443 g/mol. The van der Waals surface area contributed by atoms with Crippen LogP contribution in [0.25, 0.3) is 0 Å². The third-order valence-electron chi connectivity index (χ3n) is 5.96. The Balaban J connectivity index is 1.41.